The Morgan fingerprint density at radius 3 is 3.33 bits per heavy atom. The number of nitrogens with one attached hydrogen (secondary N) is 1. The van der Waals surface area contributed by atoms with Crippen molar-refractivity contribution in [2.24, 2.45) is 0 Å². The molecule has 0 amide bonds. The minimum absolute atomic E-state index is 0.103. The van der Waals surface area contributed by atoms with E-state index in [1.165, 1.54) is 0 Å². The first kappa shape index (κ1) is 7.76. The van der Waals surface area contributed by atoms with Crippen molar-refractivity contribution >= 4 is 0 Å². The molecule has 1 aromatic rings. The second-order valence-electron chi connectivity index (χ2n) is 3.05. The Balaban J connectivity index is 2.36. The topological polar surface area (TPSA) is 58.3 Å². The number of aliphatic hydroxyl groups is 1. The number of fused-ring (bicyclic) bond motifs is 1. The van der Waals surface area contributed by atoms with Crippen molar-refractivity contribution in [3.05, 3.63) is 17.3 Å². The van der Waals surface area contributed by atoms with Crippen LogP contribution in [0.15, 0.2) is 4.42 Å². The summed E-state index contributed by atoms with van der Waals surface area (Å²) in [6.45, 7) is 3.47. The Bertz CT molecular complexity index is 283. The summed E-state index contributed by atoms with van der Waals surface area (Å²) >= 11 is 0. The van der Waals surface area contributed by atoms with Crippen LogP contribution in [0.3, 0.4) is 0 Å². The minimum Gasteiger partial charge on any atom is -0.444 e. The summed E-state index contributed by atoms with van der Waals surface area (Å²) in [5.41, 5.74) is 0.925. The summed E-state index contributed by atoms with van der Waals surface area (Å²) in [7, 11) is 0. The van der Waals surface area contributed by atoms with Gasteiger partial charge in [-0.1, -0.05) is 0 Å². The van der Waals surface area contributed by atoms with Crippen molar-refractivity contribution in [2.75, 3.05) is 13.2 Å². The van der Waals surface area contributed by atoms with E-state index in [1.807, 2.05) is 6.92 Å². The lowest BCUT2D eigenvalue weighted by Crippen LogP contribution is -2.29. The first-order valence-corrected chi connectivity index (χ1v) is 4.09. The molecule has 1 aliphatic rings. The second-order valence-corrected chi connectivity index (χ2v) is 3.05. The molecular weight excluding hydrogens is 156 g/mol. The summed E-state index contributed by atoms with van der Waals surface area (Å²) in [5.74, 6) is 1.66. The second kappa shape index (κ2) is 2.88. The number of aryl methyl sites for hydroxylation is 1. The number of aliphatic hydroxyl groups excluding tert-OH is 1. The van der Waals surface area contributed by atoms with Gasteiger partial charge >= 0.3 is 0 Å². The Hall–Kier alpha value is -0.870. The van der Waals surface area contributed by atoms with Gasteiger partial charge in [-0.3, -0.25) is 0 Å². The zero-order valence-electron chi connectivity index (χ0n) is 7.00. The van der Waals surface area contributed by atoms with Gasteiger partial charge < -0.3 is 14.8 Å². The molecule has 66 valence electrons. The van der Waals surface area contributed by atoms with Crippen molar-refractivity contribution in [1.82, 2.24) is 10.3 Å². The van der Waals surface area contributed by atoms with Crippen LogP contribution in [0.1, 0.15) is 23.3 Å². The predicted molar refractivity (Wildman–Crippen MR) is 42.8 cm³/mol. The van der Waals surface area contributed by atoms with Crippen LogP contribution in [0.2, 0.25) is 0 Å². The van der Waals surface area contributed by atoms with Crippen molar-refractivity contribution < 1.29 is 9.52 Å². The van der Waals surface area contributed by atoms with Gasteiger partial charge in [0.15, 0.2) is 5.89 Å². The van der Waals surface area contributed by atoms with E-state index in [4.69, 9.17) is 9.52 Å². The number of nitrogens with zero attached hydrogens (tertiary/aromatic N) is 1. The third kappa shape index (κ3) is 1.13. The average molecular weight is 168 g/mol. The van der Waals surface area contributed by atoms with Gasteiger partial charge in [-0.2, -0.15) is 0 Å². The van der Waals surface area contributed by atoms with Gasteiger partial charge in [-0.05, 0) is 0 Å². The third-order valence-electron chi connectivity index (χ3n) is 2.12. The molecule has 0 aromatic carbocycles. The molecule has 2 heterocycles. The fourth-order valence-corrected chi connectivity index (χ4v) is 1.54. The van der Waals surface area contributed by atoms with Crippen LogP contribution >= 0.6 is 0 Å². The van der Waals surface area contributed by atoms with E-state index in [1.54, 1.807) is 0 Å². The van der Waals surface area contributed by atoms with Gasteiger partial charge in [0.05, 0.1) is 18.8 Å². The molecule has 1 atom stereocenters. The highest BCUT2D eigenvalue weighted by Gasteiger charge is 2.24. The molecule has 0 fully saturated rings. The molecule has 1 unspecified atom stereocenters. The van der Waals surface area contributed by atoms with Gasteiger partial charge in [0, 0.05) is 19.4 Å². The van der Waals surface area contributed by atoms with Crippen molar-refractivity contribution in [1.29, 1.82) is 0 Å². The monoisotopic (exact) mass is 168 g/mol. The number of rotatable bonds is 1. The van der Waals surface area contributed by atoms with Crippen LogP contribution in [0.4, 0.5) is 0 Å². The molecule has 0 bridgehead atoms. The molecule has 12 heavy (non-hydrogen) atoms. The zero-order valence-corrected chi connectivity index (χ0v) is 7.00. The largest absolute Gasteiger partial charge is 0.444 e. The molecular formula is C8H12N2O2. The smallest absolute Gasteiger partial charge is 0.191 e. The highest BCUT2D eigenvalue weighted by atomic mass is 16.4. The van der Waals surface area contributed by atoms with E-state index in [-0.39, 0.29) is 12.5 Å². The number of hydrogen-bond donors (Lipinski definition) is 2. The normalized spacial score (nSPS) is 22.3. The third-order valence-corrected chi connectivity index (χ3v) is 2.12. The maximum Gasteiger partial charge on any atom is 0.191 e. The van der Waals surface area contributed by atoms with E-state index < -0.39 is 0 Å². The molecule has 1 aromatic heterocycles. The van der Waals surface area contributed by atoms with Crippen LogP contribution in [0.5, 0.6) is 0 Å². The summed E-state index contributed by atoms with van der Waals surface area (Å²) in [6.07, 6.45) is 0. The van der Waals surface area contributed by atoms with E-state index >= 15 is 0 Å². The maximum absolute atomic E-state index is 9.03. The van der Waals surface area contributed by atoms with Gasteiger partial charge in [-0.15, -0.1) is 0 Å². The van der Waals surface area contributed by atoms with E-state index in [2.05, 4.69) is 10.3 Å². The first-order valence-electron chi connectivity index (χ1n) is 4.09. The molecule has 0 radical (unpaired) electrons. The molecule has 0 aliphatic carbocycles. The average Bonchev–Trinajstić information content (AvgIpc) is 2.44. The number of aromatic nitrogens is 1. The van der Waals surface area contributed by atoms with Crippen molar-refractivity contribution in [2.45, 2.75) is 19.4 Å². The Morgan fingerprint density at radius 2 is 2.58 bits per heavy atom. The van der Waals surface area contributed by atoms with Crippen LogP contribution in [0, 0.1) is 6.92 Å². The van der Waals surface area contributed by atoms with Crippen LogP contribution < -0.4 is 5.32 Å². The Kier molecular flexibility index (Phi) is 1.86. The SMILES string of the molecule is Cc1nc2c(o1)CNCC2CO. The maximum atomic E-state index is 9.03. The number of hydrogen-bond acceptors (Lipinski definition) is 4. The molecule has 2 rings (SSSR count). The summed E-state index contributed by atoms with van der Waals surface area (Å²) in [6, 6.07) is 0. The molecule has 2 N–H and O–H groups in total. The molecule has 0 saturated carbocycles. The molecule has 0 saturated heterocycles. The lowest BCUT2D eigenvalue weighted by Gasteiger charge is -2.18. The van der Waals surface area contributed by atoms with Crippen LogP contribution in [-0.2, 0) is 6.54 Å². The minimum atomic E-state index is 0.103. The first-order chi connectivity index (χ1) is 5.81. The summed E-state index contributed by atoms with van der Waals surface area (Å²) in [4.78, 5) is 4.24. The number of oxazole rings is 1. The summed E-state index contributed by atoms with van der Waals surface area (Å²) in [5, 5.41) is 12.2. The van der Waals surface area contributed by atoms with Gasteiger partial charge in [0.1, 0.15) is 5.76 Å². The Labute approximate surface area is 70.6 Å². The zero-order chi connectivity index (χ0) is 8.55. The standard InChI is InChI=1S/C8H12N2O2/c1-5-10-8-6(4-11)2-9-3-7(8)12-5/h6,9,11H,2-4H2,1H3. The fraction of sp³-hybridized carbons (Fsp3) is 0.625. The van der Waals surface area contributed by atoms with E-state index in [0.29, 0.717) is 5.89 Å². The van der Waals surface area contributed by atoms with Gasteiger partial charge in [0.2, 0.25) is 0 Å². The van der Waals surface area contributed by atoms with Crippen molar-refractivity contribution in [3.8, 4) is 0 Å². The van der Waals surface area contributed by atoms with Gasteiger partial charge in [-0.25, -0.2) is 4.98 Å². The quantitative estimate of drug-likeness (QED) is 0.627. The fourth-order valence-electron chi connectivity index (χ4n) is 1.54. The highest BCUT2D eigenvalue weighted by molar-refractivity contribution is 5.18. The predicted octanol–water partition coefficient (Wildman–Crippen LogP) is 0.162. The van der Waals surface area contributed by atoms with Crippen LogP contribution in [-0.4, -0.2) is 23.2 Å². The highest BCUT2D eigenvalue weighted by Crippen LogP contribution is 2.23. The van der Waals surface area contributed by atoms with Crippen molar-refractivity contribution in [3.63, 3.8) is 0 Å². The lowest BCUT2D eigenvalue weighted by molar-refractivity contribution is 0.250. The van der Waals surface area contributed by atoms with Gasteiger partial charge in [0.25, 0.3) is 0 Å². The Morgan fingerprint density at radius 1 is 1.75 bits per heavy atom. The molecule has 1 aliphatic heterocycles. The van der Waals surface area contributed by atoms with E-state index in [0.717, 1.165) is 24.5 Å². The molecule has 0 spiro atoms. The van der Waals surface area contributed by atoms with Crippen LogP contribution in [0.25, 0.3) is 0 Å². The lowest BCUT2D eigenvalue weighted by atomic mass is 10.0. The summed E-state index contributed by atoms with van der Waals surface area (Å²) < 4.78 is 5.35. The molecule has 4 heteroatoms. The molecule has 4 nitrogen and oxygen atoms in total. The van der Waals surface area contributed by atoms with E-state index in [9.17, 15) is 0 Å².